The van der Waals surface area contributed by atoms with E-state index in [1.165, 1.54) is 26.1 Å². The monoisotopic (exact) mass is 182 g/mol. The first-order valence-electron chi connectivity index (χ1n) is 5.32. The molecule has 0 aromatic rings. The lowest BCUT2D eigenvalue weighted by Crippen LogP contribution is -2.39. The Balaban J connectivity index is 2.41. The van der Waals surface area contributed by atoms with Crippen LogP contribution in [0.2, 0.25) is 0 Å². The molecule has 0 aromatic carbocycles. The minimum absolute atomic E-state index is 0.634. The molecule has 0 bridgehead atoms. The zero-order chi connectivity index (χ0) is 9.68. The summed E-state index contributed by atoms with van der Waals surface area (Å²) in [5, 5.41) is 3.50. The Bertz CT molecular complexity index is 156. The lowest BCUT2D eigenvalue weighted by Gasteiger charge is -2.28. The molecule has 0 amide bonds. The van der Waals surface area contributed by atoms with Crippen molar-refractivity contribution in [3.05, 3.63) is 12.7 Å². The standard InChI is InChI=1S/C11H22N2/c1-4-6-11(3)13-8-5-7-12-10(2)9-13/h4,10-12H,1,5-9H2,2-3H3. The van der Waals surface area contributed by atoms with Gasteiger partial charge in [-0.05, 0) is 39.8 Å². The molecule has 1 rings (SSSR count). The molecule has 0 spiro atoms. The second-order valence-electron chi connectivity index (χ2n) is 4.08. The highest BCUT2D eigenvalue weighted by molar-refractivity contribution is 4.81. The van der Waals surface area contributed by atoms with Crippen LogP contribution < -0.4 is 5.32 Å². The van der Waals surface area contributed by atoms with Gasteiger partial charge in [0.2, 0.25) is 0 Å². The number of hydrogen-bond donors (Lipinski definition) is 1. The molecular weight excluding hydrogens is 160 g/mol. The van der Waals surface area contributed by atoms with E-state index in [9.17, 15) is 0 Å². The van der Waals surface area contributed by atoms with Gasteiger partial charge in [0.25, 0.3) is 0 Å². The third-order valence-corrected chi connectivity index (χ3v) is 2.75. The van der Waals surface area contributed by atoms with Crippen molar-refractivity contribution in [2.75, 3.05) is 19.6 Å². The van der Waals surface area contributed by atoms with Crippen LogP contribution in [0.1, 0.15) is 26.7 Å². The van der Waals surface area contributed by atoms with Gasteiger partial charge >= 0.3 is 0 Å². The quantitative estimate of drug-likeness (QED) is 0.667. The molecule has 1 saturated heterocycles. The summed E-state index contributed by atoms with van der Waals surface area (Å²) in [6.07, 6.45) is 4.40. The van der Waals surface area contributed by atoms with E-state index in [4.69, 9.17) is 0 Å². The highest BCUT2D eigenvalue weighted by atomic mass is 15.2. The Kier molecular flexibility index (Phi) is 4.46. The summed E-state index contributed by atoms with van der Waals surface area (Å²) >= 11 is 0. The van der Waals surface area contributed by atoms with Crippen molar-refractivity contribution < 1.29 is 0 Å². The topological polar surface area (TPSA) is 15.3 Å². The predicted molar refractivity (Wildman–Crippen MR) is 57.9 cm³/mol. The molecule has 2 heteroatoms. The van der Waals surface area contributed by atoms with Crippen LogP contribution >= 0.6 is 0 Å². The second kappa shape index (κ2) is 5.40. The summed E-state index contributed by atoms with van der Waals surface area (Å²) in [6.45, 7) is 11.9. The van der Waals surface area contributed by atoms with Crippen LogP contribution in [-0.4, -0.2) is 36.6 Å². The van der Waals surface area contributed by atoms with Crippen molar-refractivity contribution in [2.24, 2.45) is 0 Å². The molecule has 1 N–H and O–H groups in total. The minimum atomic E-state index is 0.634. The molecule has 1 aliphatic rings. The van der Waals surface area contributed by atoms with Gasteiger partial charge in [-0.15, -0.1) is 6.58 Å². The first kappa shape index (κ1) is 10.7. The molecular formula is C11H22N2. The van der Waals surface area contributed by atoms with Crippen LogP contribution in [0.5, 0.6) is 0 Å². The van der Waals surface area contributed by atoms with Gasteiger partial charge in [0.15, 0.2) is 0 Å². The van der Waals surface area contributed by atoms with Crippen LogP contribution in [0.4, 0.5) is 0 Å². The van der Waals surface area contributed by atoms with Gasteiger partial charge < -0.3 is 5.32 Å². The lowest BCUT2D eigenvalue weighted by atomic mass is 10.2. The van der Waals surface area contributed by atoms with Gasteiger partial charge in [0.1, 0.15) is 0 Å². The normalized spacial score (nSPS) is 28.0. The Morgan fingerprint density at radius 1 is 1.69 bits per heavy atom. The van der Waals surface area contributed by atoms with E-state index in [0.29, 0.717) is 12.1 Å². The average molecular weight is 182 g/mol. The Hall–Kier alpha value is -0.340. The number of hydrogen-bond acceptors (Lipinski definition) is 2. The largest absolute Gasteiger partial charge is 0.313 e. The zero-order valence-electron chi connectivity index (χ0n) is 8.92. The molecule has 1 heterocycles. The van der Waals surface area contributed by atoms with Crippen molar-refractivity contribution in [1.29, 1.82) is 0 Å². The fraction of sp³-hybridized carbons (Fsp3) is 0.818. The van der Waals surface area contributed by atoms with Crippen LogP contribution in [-0.2, 0) is 0 Å². The highest BCUT2D eigenvalue weighted by Gasteiger charge is 2.17. The predicted octanol–water partition coefficient (Wildman–Crippen LogP) is 1.63. The molecule has 1 aliphatic heterocycles. The van der Waals surface area contributed by atoms with Gasteiger partial charge in [0.05, 0.1) is 0 Å². The number of rotatable bonds is 3. The van der Waals surface area contributed by atoms with Crippen LogP contribution in [0, 0.1) is 0 Å². The molecule has 0 aliphatic carbocycles. The number of nitrogens with zero attached hydrogens (tertiary/aromatic N) is 1. The van der Waals surface area contributed by atoms with E-state index in [2.05, 4.69) is 30.6 Å². The first-order valence-corrected chi connectivity index (χ1v) is 5.32. The maximum atomic E-state index is 3.80. The minimum Gasteiger partial charge on any atom is -0.313 e. The Labute approximate surface area is 82.0 Å². The SMILES string of the molecule is C=CCC(C)N1CCCNC(C)C1. The molecule has 2 atom stereocenters. The smallest absolute Gasteiger partial charge is 0.0166 e. The molecule has 0 aromatic heterocycles. The van der Waals surface area contributed by atoms with E-state index < -0.39 is 0 Å². The van der Waals surface area contributed by atoms with Gasteiger partial charge in [-0.2, -0.15) is 0 Å². The molecule has 0 radical (unpaired) electrons. The molecule has 2 unspecified atom stereocenters. The Morgan fingerprint density at radius 3 is 3.15 bits per heavy atom. The highest BCUT2D eigenvalue weighted by Crippen LogP contribution is 2.08. The summed E-state index contributed by atoms with van der Waals surface area (Å²) in [7, 11) is 0. The summed E-state index contributed by atoms with van der Waals surface area (Å²) < 4.78 is 0. The Morgan fingerprint density at radius 2 is 2.46 bits per heavy atom. The first-order chi connectivity index (χ1) is 6.24. The summed E-state index contributed by atoms with van der Waals surface area (Å²) in [4.78, 5) is 2.56. The summed E-state index contributed by atoms with van der Waals surface area (Å²) in [5.41, 5.74) is 0. The average Bonchev–Trinajstić information content (AvgIpc) is 2.30. The third-order valence-electron chi connectivity index (χ3n) is 2.75. The molecule has 1 fully saturated rings. The van der Waals surface area contributed by atoms with E-state index in [1.54, 1.807) is 0 Å². The van der Waals surface area contributed by atoms with E-state index in [-0.39, 0.29) is 0 Å². The molecule has 76 valence electrons. The third kappa shape index (κ3) is 3.49. The zero-order valence-corrected chi connectivity index (χ0v) is 8.92. The maximum absolute atomic E-state index is 3.80. The number of nitrogens with one attached hydrogen (secondary N) is 1. The van der Waals surface area contributed by atoms with Crippen molar-refractivity contribution in [2.45, 2.75) is 38.8 Å². The second-order valence-corrected chi connectivity index (χ2v) is 4.08. The van der Waals surface area contributed by atoms with Crippen LogP contribution in [0.3, 0.4) is 0 Å². The van der Waals surface area contributed by atoms with Gasteiger partial charge in [-0.1, -0.05) is 6.08 Å². The fourth-order valence-electron chi connectivity index (χ4n) is 1.93. The van der Waals surface area contributed by atoms with E-state index in [0.717, 1.165) is 6.42 Å². The van der Waals surface area contributed by atoms with Crippen LogP contribution in [0.15, 0.2) is 12.7 Å². The summed E-state index contributed by atoms with van der Waals surface area (Å²) in [6, 6.07) is 1.29. The van der Waals surface area contributed by atoms with Crippen molar-refractivity contribution in [1.82, 2.24) is 10.2 Å². The van der Waals surface area contributed by atoms with Gasteiger partial charge in [-0.25, -0.2) is 0 Å². The fourth-order valence-corrected chi connectivity index (χ4v) is 1.93. The maximum Gasteiger partial charge on any atom is 0.0166 e. The van der Waals surface area contributed by atoms with Gasteiger partial charge in [-0.3, -0.25) is 4.90 Å². The van der Waals surface area contributed by atoms with Crippen molar-refractivity contribution >= 4 is 0 Å². The molecule has 2 nitrogen and oxygen atoms in total. The molecule has 0 saturated carbocycles. The molecule has 13 heavy (non-hydrogen) atoms. The van der Waals surface area contributed by atoms with Crippen molar-refractivity contribution in [3.8, 4) is 0 Å². The summed E-state index contributed by atoms with van der Waals surface area (Å²) in [5.74, 6) is 0. The van der Waals surface area contributed by atoms with E-state index in [1.807, 2.05) is 6.08 Å². The van der Waals surface area contributed by atoms with E-state index >= 15 is 0 Å². The lowest BCUT2D eigenvalue weighted by molar-refractivity contribution is 0.209. The van der Waals surface area contributed by atoms with Gasteiger partial charge in [0, 0.05) is 18.6 Å². The van der Waals surface area contributed by atoms with Crippen LogP contribution in [0.25, 0.3) is 0 Å². The van der Waals surface area contributed by atoms with Crippen molar-refractivity contribution in [3.63, 3.8) is 0 Å².